The normalized spacial score (nSPS) is 20.2. The summed E-state index contributed by atoms with van der Waals surface area (Å²) in [5, 5.41) is 8.99. The zero-order valence-electron chi connectivity index (χ0n) is 10.1. The molecule has 1 aromatic carbocycles. The summed E-state index contributed by atoms with van der Waals surface area (Å²) in [6.45, 7) is 1.07. The van der Waals surface area contributed by atoms with Crippen molar-refractivity contribution in [3.05, 3.63) is 29.3 Å². The second-order valence-corrected chi connectivity index (χ2v) is 5.37. The van der Waals surface area contributed by atoms with Crippen LogP contribution in [0.3, 0.4) is 0 Å². The van der Waals surface area contributed by atoms with Crippen molar-refractivity contribution in [1.82, 2.24) is 0 Å². The SMILES string of the molecule is CN1CCc2ccc(C3(CC(=O)O)CC3)cc21. The molecule has 0 saturated heterocycles. The quantitative estimate of drug-likeness (QED) is 0.866. The van der Waals surface area contributed by atoms with Crippen LogP contribution in [0.25, 0.3) is 0 Å². The summed E-state index contributed by atoms with van der Waals surface area (Å²) >= 11 is 0. The number of hydrogen-bond acceptors (Lipinski definition) is 2. The van der Waals surface area contributed by atoms with E-state index in [9.17, 15) is 4.79 Å². The number of carbonyl (C=O) groups is 1. The number of carboxylic acid groups (broad SMARTS) is 1. The van der Waals surface area contributed by atoms with Crippen LogP contribution in [-0.2, 0) is 16.6 Å². The molecule has 0 bridgehead atoms. The van der Waals surface area contributed by atoms with E-state index in [0.717, 1.165) is 25.8 Å². The van der Waals surface area contributed by atoms with Crippen LogP contribution in [-0.4, -0.2) is 24.7 Å². The van der Waals surface area contributed by atoms with Crippen molar-refractivity contribution in [2.45, 2.75) is 31.1 Å². The lowest BCUT2D eigenvalue weighted by Gasteiger charge is -2.17. The Balaban J connectivity index is 1.95. The summed E-state index contributed by atoms with van der Waals surface area (Å²) in [5.41, 5.74) is 3.83. The van der Waals surface area contributed by atoms with Gasteiger partial charge in [0.15, 0.2) is 0 Å². The van der Waals surface area contributed by atoms with Crippen LogP contribution in [0.1, 0.15) is 30.4 Å². The third kappa shape index (κ3) is 1.70. The van der Waals surface area contributed by atoms with Gasteiger partial charge in [-0.25, -0.2) is 0 Å². The Hall–Kier alpha value is -1.51. The molecule has 1 aromatic rings. The van der Waals surface area contributed by atoms with Crippen LogP contribution in [0.2, 0.25) is 0 Å². The van der Waals surface area contributed by atoms with Crippen LogP contribution in [0.4, 0.5) is 5.69 Å². The van der Waals surface area contributed by atoms with Gasteiger partial charge in [0.1, 0.15) is 0 Å². The number of aliphatic carboxylic acids is 1. The van der Waals surface area contributed by atoms with Crippen molar-refractivity contribution < 1.29 is 9.90 Å². The molecule has 1 fully saturated rings. The van der Waals surface area contributed by atoms with Gasteiger partial charge >= 0.3 is 5.97 Å². The zero-order chi connectivity index (χ0) is 12.0. The Bertz CT molecular complexity index is 477. The fourth-order valence-corrected chi connectivity index (χ4v) is 2.88. The summed E-state index contributed by atoms with van der Waals surface area (Å²) in [5.74, 6) is -0.684. The van der Waals surface area contributed by atoms with Crippen LogP contribution in [0.15, 0.2) is 18.2 Å². The highest BCUT2D eigenvalue weighted by molar-refractivity contribution is 5.71. The Morgan fingerprint density at radius 3 is 2.88 bits per heavy atom. The van der Waals surface area contributed by atoms with Gasteiger partial charge in [-0.2, -0.15) is 0 Å². The molecular weight excluding hydrogens is 214 g/mol. The molecular formula is C14H17NO2. The van der Waals surface area contributed by atoms with Gasteiger partial charge in [0.2, 0.25) is 0 Å². The number of anilines is 1. The molecule has 90 valence electrons. The minimum Gasteiger partial charge on any atom is -0.481 e. The Kier molecular flexibility index (Phi) is 2.18. The maximum absolute atomic E-state index is 10.9. The van der Waals surface area contributed by atoms with Gasteiger partial charge in [-0.1, -0.05) is 12.1 Å². The minimum absolute atomic E-state index is 0.0652. The van der Waals surface area contributed by atoms with E-state index < -0.39 is 5.97 Å². The van der Waals surface area contributed by atoms with E-state index in [-0.39, 0.29) is 11.8 Å². The highest BCUT2D eigenvalue weighted by Gasteiger charge is 2.46. The van der Waals surface area contributed by atoms with E-state index in [0.29, 0.717) is 0 Å². The van der Waals surface area contributed by atoms with Gasteiger partial charge in [-0.05, 0) is 36.5 Å². The van der Waals surface area contributed by atoms with Crippen LogP contribution in [0.5, 0.6) is 0 Å². The molecule has 2 aliphatic rings. The zero-order valence-corrected chi connectivity index (χ0v) is 10.1. The first-order valence-electron chi connectivity index (χ1n) is 6.17. The monoisotopic (exact) mass is 231 g/mol. The largest absolute Gasteiger partial charge is 0.481 e. The fraction of sp³-hybridized carbons (Fsp3) is 0.500. The molecule has 0 unspecified atom stereocenters. The Morgan fingerprint density at radius 1 is 1.47 bits per heavy atom. The van der Waals surface area contributed by atoms with E-state index in [2.05, 4.69) is 30.1 Å². The maximum Gasteiger partial charge on any atom is 0.304 e. The first-order valence-corrected chi connectivity index (χ1v) is 6.17. The molecule has 3 nitrogen and oxygen atoms in total. The second-order valence-electron chi connectivity index (χ2n) is 5.37. The number of carboxylic acids is 1. The molecule has 1 aliphatic carbocycles. The average Bonchev–Trinajstić information content (AvgIpc) is 2.97. The summed E-state index contributed by atoms with van der Waals surface area (Å²) in [7, 11) is 2.10. The molecule has 0 amide bonds. The molecule has 0 atom stereocenters. The highest BCUT2D eigenvalue weighted by Crippen LogP contribution is 2.52. The van der Waals surface area contributed by atoms with E-state index in [4.69, 9.17) is 5.11 Å². The fourth-order valence-electron chi connectivity index (χ4n) is 2.88. The van der Waals surface area contributed by atoms with E-state index in [1.807, 2.05) is 0 Å². The van der Waals surface area contributed by atoms with Crippen LogP contribution in [0, 0.1) is 0 Å². The van der Waals surface area contributed by atoms with Crippen molar-refractivity contribution in [2.75, 3.05) is 18.5 Å². The summed E-state index contributed by atoms with van der Waals surface area (Å²) in [6.07, 6.45) is 3.41. The van der Waals surface area contributed by atoms with Crippen molar-refractivity contribution in [3.8, 4) is 0 Å². The summed E-state index contributed by atoms with van der Waals surface area (Å²) in [4.78, 5) is 13.2. The summed E-state index contributed by atoms with van der Waals surface area (Å²) in [6, 6.07) is 6.52. The van der Waals surface area contributed by atoms with Crippen molar-refractivity contribution >= 4 is 11.7 Å². The van der Waals surface area contributed by atoms with Gasteiger partial charge in [0.05, 0.1) is 6.42 Å². The average molecular weight is 231 g/mol. The number of fused-ring (bicyclic) bond motifs is 1. The number of nitrogens with zero attached hydrogens (tertiary/aromatic N) is 1. The van der Waals surface area contributed by atoms with Gasteiger partial charge < -0.3 is 10.0 Å². The molecule has 17 heavy (non-hydrogen) atoms. The highest BCUT2D eigenvalue weighted by atomic mass is 16.4. The number of likely N-dealkylation sites (N-methyl/N-ethyl adjacent to an activating group) is 1. The molecule has 1 aliphatic heterocycles. The molecule has 3 heteroatoms. The molecule has 3 rings (SSSR count). The predicted molar refractivity (Wildman–Crippen MR) is 66.6 cm³/mol. The standard InChI is InChI=1S/C14H17NO2/c1-15-7-4-10-2-3-11(8-12(10)15)14(5-6-14)9-13(16)17/h2-3,8H,4-7,9H2,1H3,(H,16,17). The first kappa shape index (κ1) is 10.6. The van der Waals surface area contributed by atoms with Crippen LogP contribution >= 0.6 is 0 Å². The number of hydrogen-bond donors (Lipinski definition) is 1. The topological polar surface area (TPSA) is 40.5 Å². The van der Waals surface area contributed by atoms with E-state index in [1.165, 1.54) is 16.8 Å². The van der Waals surface area contributed by atoms with Crippen LogP contribution < -0.4 is 4.90 Å². The van der Waals surface area contributed by atoms with Crippen molar-refractivity contribution in [3.63, 3.8) is 0 Å². The molecule has 0 aromatic heterocycles. The van der Waals surface area contributed by atoms with E-state index in [1.54, 1.807) is 0 Å². The molecule has 1 saturated carbocycles. The second kappa shape index (κ2) is 3.49. The lowest BCUT2D eigenvalue weighted by atomic mass is 9.91. The van der Waals surface area contributed by atoms with Gasteiger partial charge in [0, 0.05) is 24.7 Å². The lowest BCUT2D eigenvalue weighted by Crippen LogP contribution is -2.15. The minimum atomic E-state index is -0.684. The predicted octanol–water partition coefficient (Wildman–Crippen LogP) is 2.19. The number of benzene rings is 1. The lowest BCUT2D eigenvalue weighted by molar-refractivity contribution is -0.137. The Morgan fingerprint density at radius 2 is 2.24 bits per heavy atom. The molecule has 1 N–H and O–H groups in total. The maximum atomic E-state index is 10.9. The molecule has 0 radical (unpaired) electrons. The van der Waals surface area contributed by atoms with Crippen molar-refractivity contribution in [1.29, 1.82) is 0 Å². The summed E-state index contributed by atoms with van der Waals surface area (Å²) < 4.78 is 0. The smallest absolute Gasteiger partial charge is 0.304 e. The van der Waals surface area contributed by atoms with E-state index >= 15 is 0 Å². The third-order valence-electron chi connectivity index (χ3n) is 4.17. The van der Waals surface area contributed by atoms with Gasteiger partial charge in [-0.15, -0.1) is 0 Å². The van der Waals surface area contributed by atoms with Crippen molar-refractivity contribution in [2.24, 2.45) is 0 Å². The van der Waals surface area contributed by atoms with Gasteiger partial charge in [-0.3, -0.25) is 4.79 Å². The first-order chi connectivity index (χ1) is 8.11. The molecule has 0 spiro atoms. The third-order valence-corrected chi connectivity index (χ3v) is 4.17. The van der Waals surface area contributed by atoms with Gasteiger partial charge in [0.25, 0.3) is 0 Å². The Labute approximate surface area is 101 Å². The number of rotatable bonds is 3. The molecule has 1 heterocycles.